The van der Waals surface area contributed by atoms with Crippen molar-refractivity contribution in [3.63, 3.8) is 0 Å². The second kappa shape index (κ2) is 7.80. The Bertz CT molecular complexity index is 991. The maximum Gasteiger partial charge on any atom is 0.243 e. The van der Waals surface area contributed by atoms with E-state index < -0.39 is 15.9 Å². The van der Waals surface area contributed by atoms with Gasteiger partial charge in [-0.05, 0) is 44.4 Å². The molecule has 0 radical (unpaired) electrons. The molecule has 0 unspecified atom stereocenters. The molecule has 1 aliphatic rings. The first-order valence-corrected chi connectivity index (χ1v) is 11.0. The van der Waals surface area contributed by atoms with Crippen LogP contribution in [0.15, 0.2) is 35.2 Å². The smallest absolute Gasteiger partial charge is 0.243 e. The average molecular weight is 404 g/mol. The highest BCUT2D eigenvalue weighted by molar-refractivity contribution is 7.89. The molecule has 2 heterocycles. The number of carbonyl (C=O) groups is 1. The van der Waals surface area contributed by atoms with E-state index >= 15 is 0 Å². The van der Waals surface area contributed by atoms with Crippen molar-refractivity contribution in [2.45, 2.75) is 31.6 Å². The molecule has 0 aliphatic carbocycles. The van der Waals surface area contributed by atoms with E-state index in [-0.39, 0.29) is 17.3 Å². The fourth-order valence-electron chi connectivity index (χ4n) is 3.18. The third-order valence-electron chi connectivity index (χ3n) is 4.87. The van der Waals surface area contributed by atoms with Crippen LogP contribution in [0.5, 0.6) is 0 Å². The van der Waals surface area contributed by atoms with Gasteiger partial charge in [0, 0.05) is 18.0 Å². The number of thiophene rings is 1. The van der Waals surface area contributed by atoms with Crippen LogP contribution < -0.4 is 5.32 Å². The van der Waals surface area contributed by atoms with E-state index in [9.17, 15) is 18.5 Å². The predicted octanol–water partition coefficient (Wildman–Crippen LogP) is 3.28. The van der Waals surface area contributed by atoms with Crippen molar-refractivity contribution in [2.75, 3.05) is 18.4 Å². The number of nitrogens with zero attached hydrogens (tertiary/aromatic N) is 2. The number of aryl methyl sites for hydroxylation is 1. The van der Waals surface area contributed by atoms with Crippen molar-refractivity contribution in [3.8, 4) is 6.07 Å². The van der Waals surface area contributed by atoms with E-state index in [1.54, 1.807) is 30.3 Å². The SMILES string of the molecule is Cc1sc(NC(=O)[C@H]2CCCN(S(=O)(=O)c3ccccc3)C2)c(C#N)c1C. The number of amides is 1. The molecule has 0 bridgehead atoms. The van der Waals surface area contributed by atoms with E-state index in [1.165, 1.54) is 15.6 Å². The molecule has 2 aromatic rings. The van der Waals surface area contributed by atoms with Crippen molar-refractivity contribution >= 4 is 32.3 Å². The van der Waals surface area contributed by atoms with Gasteiger partial charge in [-0.1, -0.05) is 18.2 Å². The van der Waals surface area contributed by atoms with E-state index in [0.717, 1.165) is 10.4 Å². The molecule has 142 valence electrons. The topological polar surface area (TPSA) is 90.3 Å². The highest BCUT2D eigenvalue weighted by atomic mass is 32.2. The van der Waals surface area contributed by atoms with Crippen LogP contribution in [0.1, 0.15) is 28.8 Å². The lowest BCUT2D eigenvalue weighted by atomic mass is 9.99. The molecule has 1 amide bonds. The summed E-state index contributed by atoms with van der Waals surface area (Å²) < 4.78 is 27.0. The average Bonchev–Trinajstić information content (AvgIpc) is 2.95. The third-order valence-corrected chi connectivity index (χ3v) is 7.87. The molecule has 27 heavy (non-hydrogen) atoms. The van der Waals surface area contributed by atoms with Gasteiger partial charge in [0.1, 0.15) is 11.1 Å². The zero-order valence-electron chi connectivity index (χ0n) is 15.2. The van der Waals surface area contributed by atoms with Crippen LogP contribution in [0.2, 0.25) is 0 Å². The Kier molecular flexibility index (Phi) is 5.65. The minimum atomic E-state index is -3.61. The Balaban J connectivity index is 1.76. The molecule has 1 aliphatic heterocycles. The van der Waals surface area contributed by atoms with Gasteiger partial charge in [0.05, 0.1) is 16.4 Å². The van der Waals surface area contributed by atoms with Gasteiger partial charge in [-0.3, -0.25) is 4.79 Å². The van der Waals surface area contributed by atoms with Crippen LogP contribution in [-0.4, -0.2) is 31.7 Å². The summed E-state index contributed by atoms with van der Waals surface area (Å²) in [5.41, 5.74) is 1.35. The monoisotopic (exact) mass is 403 g/mol. The summed E-state index contributed by atoms with van der Waals surface area (Å²) in [5, 5.41) is 12.7. The Morgan fingerprint density at radius 1 is 1.30 bits per heavy atom. The van der Waals surface area contributed by atoms with Crippen molar-refractivity contribution in [3.05, 3.63) is 46.3 Å². The minimum Gasteiger partial charge on any atom is -0.316 e. The van der Waals surface area contributed by atoms with E-state index in [4.69, 9.17) is 0 Å². The molecule has 1 aromatic heterocycles. The fourth-order valence-corrected chi connectivity index (χ4v) is 5.74. The standard InChI is InChI=1S/C19H21N3O3S2/c1-13-14(2)26-19(17(13)11-20)21-18(23)15-7-6-10-22(12-15)27(24,25)16-8-4-3-5-9-16/h3-5,8-9,15H,6-7,10,12H2,1-2H3,(H,21,23)/t15-/m0/s1. The first-order chi connectivity index (χ1) is 12.8. The zero-order valence-corrected chi connectivity index (χ0v) is 16.9. The van der Waals surface area contributed by atoms with Crippen LogP contribution >= 0.6 is 11.3 Å². The van der Waals surface area contributed by atoms with Gasteiger partial charge in [-0.2, -0.15) is 9.57 Å². The predicted molar refractivity (Wildman–Crippen MR) is 105 cm³/mol. The molecule has 1 saturated heterocycles. The Hall–Kier alpha value is -2.21. The van der Waals surface area contributed by atoms with E-state index in [1.807, 2.05) is 13.8 Å². The number of rotatable bonds is 4. The lowest BCUT2D eigenvalue weighted by Gasteiger charge is -2.31. The van der Waals surface area contributed by atoms with Gasteiger partial charge in [0.25, 0.3) is 0 Å². The first-order valence-electron chi connectivity index (χ1n) is 8.70. The second-order valence-corrected chi connectivity index (χ2v) is 9.77. The fraction of sp³-hybridized carbons (Fsp3) is 0.368. The largest absolute Gasteiger partial charge is 0.316 e. The normalized spacial score (nSPS) is 18.0. The number of nitrogens with one attached hydrogen (secondary N) is 1. The quantitative estimate of drug-likeness (QED) is 0.848. The molecule has 1 aromatic carbocycles. The van der Waals surface area contributed by atoms with Crippen molar-refractivity contribution in [2.24, 2.45) is 5.92 Å². The van der Waals surface area contributed by atoms with Crippen molar-refractivity contribution in [1.82, 2.24) is 4.31 Å². The number of anilines is 1. The Labute approximate surface area is 163 Å². The van der Waals surface area contributed by atoms with Crippen LogP contribution in [0.4, 0.5) is 5.00 Å². The molecular weight excluding hydrogens is 382 g/mol. The van der Waals surface area contributed by atoms with Gasteiger partial charge >= 0.3 is 0 Å². The molecular formula is C19H21N3O3S2. The number of sulfonamides is 1. The summed E-state index contributed by atoms with van der Waals surface area (Å²) in [6.07, 6.45) is 1.25. The summed E-state index contributed by atoms with van der Waals surface area (Å²) in [7, 11) is -3.61. The van der Waals surface area contributed by atoms with Crippen LogP contribution in [0, 0.1) is 31.1 Å². The molecule has 8 heteroatoms. The first kappa shape index (κ1) is 19.5. The summed E-state index contributed by atoms with van der Waals surface area (Å²) >= 11 is 1.37. The van der Waals surface area contributed by atoms with Gasteiger partial charge in [-0.25, -0.2) is 8.42 Å². The molecule has 3 rings (SSSR count). The number of carbonyl (C=O) groups excluding carboxylic acids is 1. The van der Waals surface area contributed by atoms with Crippen LogP contribution in [-0.2, 0) is 14.8 Å². The van der Waals surface area contributed by atoms with Gasteiger partial charge in [0.15, 0.2) is 0 Å². The van der Waals surface area contributed by atoms with Crippen LogP contribution in [0.25, 0.3) is 0 Å². The molecule has 0 saturated carbocycles. The van der Waals surface area contributed by atoms with Gasteiger partial charge in [0.2, 0.25) is 15.9 Å². The maximum absolute atomic E-state index is 12.8. The van der Waals surface area contributed by atoms with E-state index in [0.29, 0.717) is 30.0 Å². The lowest BCUT2D eigenvalue weighted by molar-refractivity contribution is -0.120. The van der Waals surface area contributed by atoms with Crippen molar-refractivity contribution < 1.29 is 13.2 Å². The number of nitriles is 1. The number of hydrogen-bond donors (Lipinski definition) is 1. The second-order valence-electron chi connectivity index (χ2n) is 6.60. The van der Waals surface area contributed by atoms with E-state index in [2.05, 4.69) is 11.4 Å². The molecule has 6 nitrogen and oxygen atoms in total. The summed E-state index contributed by atoms with van der Waals surface area (Å²) in [6.45, 7) is 4.32. The van der Waals surface area contributed by atoms with Gasteiger partial charge in [-0.15, -0.1) is 11.3 Å². The highest BCUT2D eigenvalue weighted by Crippen LogP contribution is 2.33. The lowest BCUT2D eigenvalue weighted by Crippen LogP contribution is -2.43. The Morgan fingerprint density at radius 3 is 2.67 bits per heavy atom. The maximum atomic E-state index is 12.8. The van der Waals surface area contributed by atoms with Crippen LogP contribution in [0.3, 0.4) is 0 Å². The number of piperidine rings is 1. The summed E-state index contributed by atoms with van der Waals surface area (Å²) in [4.78, 5) is 14.0. The summed E-state index contributed by atoms with van der Waals surface area (Å²) in [5.74, 6) is -0.674. The zero-order chi connectivity index (χ0) is 19.6. The molecule has 1 atom stereocenters. The summed E-state index contributed by atoms with van der Waals surface area (Å²) in [6, 6.07) is 10.4. The molecule has 0 spiro atoms. The highest BCUT2D eigenvalue weighted by Gasteiger charge is 2.33. The van der Waals surface area contributed by atoms with Crippen molar-refractivity contribution in [1.29, 1.82) is 5.26 Å². The number of benzene rings is 1. The number of hydrogen-bond acceptors (Lipinski definition) is 5. The van der Waals surface area contributed by atoms with Gasteiger partial charge < -0.3 is 5.32 Å². The molecule has 1 N–H and O–H groups in total. The third kappa shape index (κ3) is 3.90. The Morgan fingerprint density at radius 2 is 2.00 bits per heavy atom. The molecule has 1 fully saturated rings. The minimum absolute atomic E-state index is 0.147.